The van der Waals surface area contributed by atoms with E-state index in [0.29, 0.717) is 19.0 Å². The van der Waals surface area contributed by atoms with Gasteiger partial charge in [-0.25, -0.2) is 12.7 Å². The third kappa shape index (κ3) is 4.11. The zero-order valence-corrected chi connectivity index (χ0v) is 16.4. The second-order valence-electron chi connectivity index (χ2n) is 7.35. The van der Waals surface area contributed by atoms with Crippen molar-refractivity contribution in [1.82, 2.24) is 14.5 Å². The average Bonchev–Trinajstić information content (AvgIpc) is 2.53. The van der Waals surface area contributed by atoms with Crippen LogP contribution in [0.4, 0.5) is 0 Å². The molecule has 1 spiro atoms. The lowest BCUT2D eigenvalue weighted by Crippen LogP contribution is -2.57. The Kier molecular flexibility index (Phi) is 6.31. The third-order valence-corrected chi connectivity index (χ3v) is 7.05. The van der Waals surface area contributed by atoms with E-state index in [4.69, 9.17) is 0 Å². The van der Waals surface area contributed by atoms with Gasteiger partial charge >= 0.3 is 0 Å². The van der Waals surface area contributed by atoms with Gasteiger partial charge in [-0.05, 0) is 38.0 Å². The van der Waals surface area contributed by atoms with Crippen LogP contribution >= 0.6 is 0 Å². The van der Waals surface area contributed by atoms with Gasteiger partial charge in [-0.2, -0.15) is 0 Å². The molecule has 1 amide bonds. The molecule has 0 aromatic carbocycles. The molecule has 1 unspecified atom stereocenters. The second-order valence-corrected chi connectivity index (χ2v) is 9.33. The normalized spacial score (nSPS) is 28.0. The minimum atomic E-state index is -3.06. The molecule has 3 fully saturated rings. The highest BCUT2D eigenvalue weighted by Crippen LogP contribution is 2.53. The van der Waals surface area contributed by atoms with Crippen molar-refractivity contribution < 1.29 is 13.2 Å². The average molecular weight is 360 g/mol. The fourth-order valence-corrected chi connectivity index (χ4v) is 5.11. The minimum absolute atomic E-state index is 0.158. The Hall–Kier alpha value is -0.660. The number of sulfonamides is 1. The van der Waals surface area contributed by atoms with E-state index in [9.17, 15) is 13.2 Å². The number of hydrogen-bond donors (Lipinski definition) is 1. The highest BCUT2D eigenvalue weighted by molar-refractivity contribution is 7.88. The summed E-state index contributed by atoms with van der Waals surface area (Å²) in [5, 5.41) is 3.31. The fourth-order valence-electron chi connectivity index (χ4n) is 4.26. The number of nitrogens with one attached hydrogen (secondary N) is 1. The van der Waals surface area contributed by atoms with Crippen LogP contribution in [0.15, 0.2) is 0 Å². The summed E-state index contributed by atoms with van der Waals surface area (Å²) in [5.74, 6) is 0.468. The van der Waals surface area contributed by atoms with Crippen molar-refractivity contribution in [3.8, 4) is 0 Å². The fraction of sp³-hybridized carbons (Fsp3) is 0.941. The summed E-state index contributed by atoms with van der Waals surface area (Å²) in [6.07, 6.45) is 4.98. The van der Waals surface area contributed by atoms with Crippen LogP contribution in [0, 0.1) is 11.3 Å². The molecule has 3 aliphatic rings. The lowest BCUT2D eigenvalue weighted by atomic mass is 9.57. The maximum Gasteiger partial charge on any atom is 0.226 e. The van der Waals surface area contributed by atoms with Gasteiger partial charge in [0.1, 0.15) is 0 Å². The van der Waals surface area contributed by atoms with Gasteiger partial charge in [-0.15, -0.1) is 0 Å². The standard InChI is InChI=1S/C15H27N3O3S.C2H6/c1-12-11-16-5-8-18(12)14(19)13-9-15(10-13)3-6-17(7-4-15)22(2,20)21;1-2/h12-13,16H,3-11H2,1-2H3;1-2H3. The SMILES string of the molecule is CC.CC1CNCCN1C(=O)C1CC2(CCN(S(C)(=O)=O)CC2)C1. The van der Waals surface area contributed by atoms with Crippen LogP contribution in [0.1, 0.15) is 46.5 Å². The first-order valence-corrected chi connectivity index (χ1v) is 11.1. The largest absolute Gasteiger partial charge is 0.337 e. The van der Waals surface area contributed by atoms with Crippen molar-refractivity contribution in [2.24, 2.45) is 11.3 Å². The highest BCUT2D eigenvalue weighted by Gasteiger charge is 2.50. The minimum Gasteiger partial charge on any atom is -0.337 e. The molecule has 1 atom stereocenters. The first-order valence-electron chi connectivity index (χ1n) is 9.27. The predicted molar refractivity (Wildman–Crippen MR) is 96.2 cm³/mol. The molecular formula is C17H33N3O3S. The molecule has 24 heavy (non-hydrogen) atoms. The molecule has 7 heteroatoms. The van der Waals surface area contributed by atoms with E-state index in [2.05, 4.69) is 12.2 Å². The molecule has 140 valence electrons. The van der Waals surface area contributed by atoms with Crippen LogP contribution in [0.5, 0.6) is 0 Å². The van der Waals surface area contributed by atoms with Gasteiger partial charge in [-0.3, -0.25) is 4.79 Å². The molecule has 2 heterocycles. The number of carbonyl (C=O) groups is 1. The Morgan fingerprint density at radius 2 is 1.71 bits per heavy atom. The van der Waals surface area contributed by atoms with Crippen LogP contribution in [-0.4, -0.2) is 68.6 Å². The molecule has 1 aliphatic carbocycles. The van der Waals surface area contributed by atoms with Gasteiger partial charge in [0.05, 0.1) is 6.26 Å². The first kappa shape index (κ1) is 19.7. The summed E-state index contributed by atoms with van der Waals surface area (Å²) in [4.78, 5) is 14.7. The van der Waals surface area contributed by atoms with Crippen molar-refractivity contribution in [2.75, 3.05) is 39.0 Å². The second kappa shape index (κ2) is 7.70. The monoisotopic (exact) mass is 359 g/mol. The maximum atomic E-state index is 12.6. The topological polar surface area (TPSA) is 69.7 Å². The Balaban J connectivity index is 0.00000100. The van der Waals surface area contributed by atoms with Crippen molar-refractivity contribution in [1.29, 1.82) is 0 Å². The Morgan fingerprint density at radius 3 is 2.21 bits per heavy atom. The zero-order valence-electron chi connectivity index (χ0n) is 15.5. The molecule has 1 N–H and O–H groups in total. The molecule has 6 nitrogen and oxygen atoms in total. The Bertz CT molecular complexity index is 533. The molecule has 2 saturated heterocycles. The summed E-state index contributed by atoms with van der Waals surface area (Å²) >= 11 is 0. The number of carbonyl (C=O) groups excluding carboxylic acids is 1. The van der Waals surface area contributed by atoms with Crippen LogP contribution < -0.4 is 5.32 Å². The van der Waals surface area contributed by atoms with Gasteiger partial charge in [-0.1, -0.05) is 13.8 Å². The molecule has 1 saturated carbocycles. The van der Waals surface area contributed by atoms with Crippen LogP contribution in [0.3, 0.4) is 0 Å². The summed E-state index contributed by atoms with van der Waals surface area (Å²) in [7, 11) is -3.06. The van der Waals surface area contributed by atoms with E-state index in [-0.39, 0.29) is 17.4 Å². The van der Waals surface area contributed by atoms with Gasteiger partial charge in [0.2, 0.25) is 15.9 Å². The van der Waals surface area contributed by atoms with Crippen molar-refractivity contribution >= 4 is 15.9 Å². The van der Waals surface area contributed by atoms with Gasteiger partial charge in [0, 0.05) is 44.7 Å². The molecular weight excluding hydrogens is 326 g/mol. The van der Waals surface area contributed by atoms with E-state index in [1.807, 2.05) is 18.7 Å². The first-order chi connectivity index (χ1) is 11.3. The molecule has 0 aromatic heterocycles. The van der Waals surface area contributed by atoms with Crippen molar-refractivity contribution in [3.05, 3.63) is 0 Å². The third-order valence-electron chi connectivity index (χ3n) is 5.74. The predicted octanol–water partition coefficient (Wildman–Crippen LogP) is 1.28. The number of nitrogens with zero attached hydrogens (tertiary/aromatic N) is 2. The van der Waals surface area contributed by atoms with Gasteiger partial charge in [0.25, 0.3) is 0 Å². The molecule has 0 bridgehead atoms. The number of piperazine rings is 1. The Morgan fingerprint density at radius 1 is 1.12 bits per heavy atom. The zero-order chi connectivity index (χ0) is 18.0. The molecule has 2 aliphatic heterocycles. The number of piperidine rings is 1. The molecule has 3 rings (SSSR count). The van der Waals surface area contributed by atoms with E-state index < -0.39 is 10.0 Å². The van der Waals surface area contributed by atoms with Gasteiger partial charge < -0.3 is 10.2 Å². The van der Waals surface area contributed by atoms with E-state index in [0.717, 1.165) is 45.3 Å². The van der Waals surface area contributed by atoms with Gasteiger partial charge in [0.15, 0.2) is 0 Å². The lowest BCUT2D eigenvalue weighted by Gasteiger charge is -2.52. The smallest absolute Gasteiger partial charge is 0.226 e. The quantitative estimate of drug-likeness (QED) is 0.806. The van der Waals surface area contributed by atoms with Crippen LogP contribution in [-0.2, 0) is 14.8 Å². The summed E-state index contributed by atoms with van der Waals surface area (Å²) in [6.45, 7) is 9.91. The summed E-state index contributed by atoms with van der Waals surface area (Å²) in [5.41, 5.74) is 0.221. The van der Waals surface area contributed by atoms with Crippen LogP contribution in [0.25, 0.3) is 0 Å². The number of rotatable bonds is 2. The Labute approximate surface area is 147 Å². The summed E-state index contributed by atoms with van der Waals surface area (Å²) < 4.78 is 24.7. The summed E-state index contributed by atoms with van der Waals surface area (Å²) in [6, 6.07) is 0.282. The molecule has 0 radical (unpaired) electrons. The van der Waals surface area contributed by atoms with Crippen LogP contribution in [0.2, 0.25) is 0 Å². The van der Waals surface area contributed by atoms with E-state index >= 15 is 0 Å². The van der Waals surface area contributed by atoms with Crippen molar-refractivity contribution in [2.45, 2.75) is 52.5 Å². The molecule has 0 aromatic rings. The van der Waals surface area contributed by atoms with E-state index in [1.54, 1.807) is 4.31 Å². The number of hydrogen-bond acceptors (Lipinski definition) is 4. The maximum absolute atomic E-state index is 12.6. The van der Waals surface area contributed by atoms with Crippen molar-refractivity contribution in [3.63, 3.8) is 0 Å². The van der Waals surface area contributed by atoms with E-state index in [1.165, 1.54) is 6.26 Å². The number of amides is 1. The lowest BCUT2D eigenvalue weighted by molar-refractivity contribution is -0.148. The highest BCUT2D eigenvalue weighted by atomic mass is 32.2.